The molecule has 0 spiro atoms. The Kier molecular flexibility index (Phi) is 5.13. The maximum absolute atomic E-state index is 12.4. The number of benzene rings is 1. The lowest BCUT2D eigenvalue weighted by atomic mass is 9.99. The number of carbonyl (C=O) groups is 1. The number of amides is 1. The van der Waals surface area contributed by atoms with Gasteiger partial charge in [0.2, 0.25) is 5.91 Å². The van der Waals surface area contributed by atoms with Crippen molar-refractivity contribution < 1.29 is 9.72 Å². The van der Waals surface area contributed by atoms with Crippen LogP contribution in [0, 0.1) is 23.0 Å². The Balaban J connectivity index is 2.03. The number of rotatable bonds is 4. The number of carbonyl (C=O) groups excluding carboxylic acids is 1. The fraction of sp³-hybridized carbons (Fsp3) is 0.562. The number of nitrogens with zero attached hydrogens (tertiary/aromatic N) is 2. The molecular formula is C16H23N3O3. The molecule has 1 aliphatic rings. The van der Waals surface area contributed by atoms with Gasteiger partial charge in [-0.2, -0.15) is 0 Å². The van der Waals surface area contributed by atoms with Gasteiger partial charge in [0.05, 0.1) is 11.0 Å². The minimum Gasteiger partial charge on any atom is -0.324 e. The van der Waals surface area contributed by atoms with Crippen molar-refractivity contribution in [2.24, 2.45) is 5.92 Å². The fourth-order valence-electron chi connectivity index (χ4n) is 2.88. The number of piperidine rings is 1. The van der Waals surface area contributed by atoms with Crippen LogP contribution in [0.1, 0.15) is 32.3 Å². The lowest BCUT2D eigenvalue weighted by Crippen LogP contribution is -2.46. The normalized spacial score (nSPS) is 20.4. The molecule has 1 saturated heterocycles. The molecule has 0 radical (unpaired) electrons. The summed E-state index contributed by atoms with van der Waals surface area (Å²) in [5, 5.41) is 13.6. The number of hydrogen-bond acceptors (Lipinski definition) is 4. The van der Waals surface area contributed by atoms with E-state index < -0.39 is 4.92 Å². The Morgan fingerprint density at radius 3 is 2.82 bits per heavy atom. The molecule has 2 rings (SSSR count). The maximum atomic E-state index is 12.4. The fourth-order valence-corrected chi connectivity index (χ4v) is 2.88. The SMILES string of the molecule is Cc1cc([N+](=O)[O-])ccc1NC(=O)[C@H](C)N1CCC[C@@H](C)C1. The molecule has 120 valence electrons. The van der Waals surface area contributed by atoms with E-state index in [0.717, 1.165) is 19.5 Å². The highest BCUT2D eigenvalue weighted by molar-refractivity contribution is 5.95. The van der Waals surface area contributed by atoms with Gasteiger partial charge in [-0.05, 0) is 50.8 Å². The molecule has 0 saturated carbocycles. The smallest absolute Gasteiger partial charge is 0.269 e. The average molecular weight is 305 g/mol. The Morgan fingerprint density at radius 1 is 1.50 bits per heavy atom. The zero-order valence-electron chi connectivity index (χ0n) is 13.3. The van der Waals surface area contributed by atoms with E-state index in [9.17, 15) is 14.9 Å². The highest BCUT2D eigenvalue weighted by Crippen LogP contribution is 2.22. The van der Waals surface area contributed by atoms with Gasteiger partial charge < -0.3 is 5.32 Å². The quantitative estimate of drug-likeness (QED) is 0.685. The third-order valence-corrected chi connectivity index (χ3v) is 4.29. The summed E-state index contributed by atoms with van der Waals surface area (Å²) >= 11 is 0. The van der Waals surface area contributed by atoms with E-state index >= 15 is 0 Å². The molecular weight excluding hydrogens is 282 g/mol. The Bertz CT molecular complexity index is 574. The number of anilines is 1. The predicted molar refractivity (Wildman–Crippen MR) is 85.9 cm³/mol. The number of hydrogen-bond donors (Lipinski definition) is 1. The molecule has 1 fully saturated rings. The van der Waals surface area contributed by atoms with Gasteiger partial charge in [-0.3, -0.25) is 19.8 Å². The van der Waals surface area contributed by atoms with Crippen LogP contribution in [0.25, 0.3) is 0 Å². The van der Waals surface area contributed by atoms with Crippen molar-refractivity contribution in [3.63, 3.8) is 0 Å². The van der Waals surface area contributed by atoms with E-state index in [4.69, 9.17) is 0 Å². The first-order chi connectivity index (χ1) is 10.4. The summed E-state index contributed by atoms with van der Waals surface area (Å²) < 4.78 is 0. The number of aryl methyl sites for hydroxylation is 1. The molecule has 6 nitrogen and oxygen atoms in total. The van der Waals surface area contributed by atoms with Crippen molar-refractivity contribution in [1.82, 2.24) is 4.90 Å². The zero-order valence-corrected chi connectivity index (χ0v) is 13.3. The number of likely N-dealkylation sites (tertiary alicyclic amines) is 1. The molecule has 6 heteroatoms. The minimum atomic E-state index is -0.434. The van der Waals surface area contributed by atoms with Gasteiger partial charge in [-0.1, -0.05) is 6.92 Å². The molecule has 0 aliphatic carbocycles. The van der Waals surface area contributed by atoms with Crippen LogP contribution in [0.15, 0.2) is 18.2 Å². The molecule has 1 aromatic carbocycles. The average Bonchev–Trinajstić information content (AvgIpc) is 2.48. The van der Waals surface area contributed by atoms with Gasteiger partial charge in [0.25, 0.3) is 5.69 Å². The summed E-state index contributed by atoms with van der Waals surface area (Å²) in [6, 6.07) is 4.29. The molecule has 0 bridgehead atoms. The zero-order chi connectivity index (χ0) is 16.3. The van der Waals surface area contributed by atoms with Gasteiger partial charge >= 0.3 is 0 Å². The maximum Gasteiger partial charge on any atom is 0.269 e. The topological polar surface area (TPSA) is 75.5 Å². The van der Waals surface area contributed by atoms with Gasteiger partial charge in [0.15, 0.2) is 0 Å². The second-order valence-corrected chi connectivity index (χ2v) is 6.16. The first-order valence-corrected chi connectivity index (χ1v) is 7.68. The van der Waals surface area contributed by atoms with Crippen molar-refractivity contribution in [2.45, 2.75) is 39.7 Å². The van der Waals surface area contributed by atoms with E-state index in [1.54, 1.807) is 13.0 Å². The van der Waals surface area contributed by atoms with E-state index in [1.807, 2.05) is 6.92 Å². The molecule has 0 unspecified atom stereocenters. The van der Waals surface area contributed by atoms with Crippen LogP contribution in [0.4, 0.5) is 11.4 Å². The van der Waals surface area contributed by atoms with Crippen LogP contribution in [0.2, 0.25) is 0 Å². The lowest BCUT2D eigenvalue weighted by molar-refractivity contribution is -0.384. The first-order valence-electron chi connectivity index (χ1n) is 7.68. The van der Waals surface area contributed by atoms with E-state index in [0.29, 0.717) is 17.2 Å². The third-order valence-electron chi connectivity index (χ3n) is 4.29. The number of nitro benzene ring substituents is 1. The van der Waals surface area contributed by atoms with Crippen LogP contribution < -0.4 is 5.32 Å². The second kappa shape index (κ2) is 6.87. The summed E-state index contributed by atoms with van der Waals surface area (Å²) in [5.74, 6) is 0.552. The van der Waals surface area contributed by atoms with Crippen molar-refractivity contribution in [1.29, 1.82) is 0 Å². The Morgan fingerprint density at radius 2 is 2.23 bits per heavy atom. The number of non-ortho nitro benzene ring substituents is 1. The lowest BCUT2D eigenvalue weighted by Gasteiger charge is -2.34. The summed E-state index contributed by atoms with van der Waals surface area (Å²) in [6.45, 7) is 7.76. The monoisotopic (exact) mass is 305 g/mol. The van der Waals surface area contributed by atoms with Crippen LogP contribution in [-0.2, 0) is 4.79 Å². The second-order valence-electron chi connectivity index (χ2n) is 6.16. The molecule has 22 heavy (non-hydrogen) atoms. The highest BCUT2D eigenvalue weighted by atomic mass is 16.6. The standard InChI is InChI=1S/C16H23N3O3/c1-11-5-4-8-18(10-11)13(3)16(20)17-15-7-6-14(19(21)22)9-12(15)2/h6-7,9,11,13H,4-5,8,10H2,1-3H3,(H,17,20)/t11-,13+/m1/s1. The van der Waals surface area contributed by atoms with Crippen molar-refractivity contribution in [3.05, 3.63) is 33.9 Å². The first kappa shape index (κ1) is 16.4. The van der Waals surface area contributed by atoms with Crippen molar-refractivity contribution in [2.75, 3.05) is 18.4 Å². The summed E-state index contributed by atoms with van der Waals surface area (Å²) in [4.78, 5) is 24.9. The minimum absolute atomic E-state index is 0.0356. The predicted octanol–water partition coefficient (Wildman–Crippen LogP) is 2.96. The Labute approximate surface area is 130 Å². The molecule has 1 N–H and O–H groups in total. The van der Waals surface area contributed by atoms with Gasteiger partial charge in [-0.25, -0.2) is 0 Å². The van der Waals surface area contributed by atoms with Gasteiger partial charge in [0.1, 0.15) is 0 Å². The molecule has 1 aliphatic heterocycles. The van der Waals surface area contributed by atoms with Gasteiger partial charge in [0, 0.05) is 24.4 Å². The van der Waals surface area contributed by atoms with Crippen molar-refractivity contribution in [3.8, 4) is 0 Å². The number of nitrogens with one attached hydrogen (secondary N) is 1. The highest BCUT2D eigenvalue weighted by Gasteiger charge is 2.26. The molecule has 1 amide bonds. The van der Waals surface area contributed by atoms with Crippen LogP contribution in [-0.4, -0.2) is 34.9 Å². The summed E-state index contributed by atoms with van der Waals surface area (Å²) in [6.07, 6.45) is 2.33. The summed E-state index contributed by atoms with van der Waals surface area (Å²) in [5.41, 5.74) is 1.36. The molecule has 1 aromatic rings. The van der Waals surface area contributed by atoms with E-state index in [2.05, 4.69) is 17.1 Å². The molecule has 1 heterocycles. The third kappa shape index (κ3) is 3.82. The largest absolute Gasteiger partial charge is 0.324 e. The van der Waals surface area contributed by atoms with Crippen molar-refractivity contribution >= 4 is 17.3 Å². The Hall–Kier alpha value is -1.95. The molecule has 2 atom stereocenters. The van der Waals surface area contributed by atoms with E-state index in [1.165, 1.54) is 18.6 Å². The summed E-state index contributed by atoms with van der Waals surface area (Å²) in [7, 11) is 0. The van der Waals surface area contributed by atoms with Crippen LogP contribution in [0.5, 0.6) is 0 Å². The molecule has 0 aromatic heterocycles. The van der Waals surface area contributed by atoms with Gasteiger partial charge in [-0.15, -0.1) is 0 Å². The van der Waals surface area contributed by atoms with Crippen LogP contribution in [0.3, 0.4) is 0 Å². The van der Waals surface area contributed by atoms with E-state index in [-0.39, 0.29) is 17.6 Å². The number of nitro groups is 1. The van der Waals surface area contributed by atoms with Crippen LogP contribution >= 0.6 is 0 Å².